The number of benzene rings is 3. The van der Waals surface area contributed by atoms with Crippen molar-refractivity contribution in [1.82, 2.24) is 0 Å². The molecule has 0 heterocycles. The first-order valence-electron chi connectivity index (χ1n) is 12.1. The Hall–Kier alpha value is -2.96. The van der Waals surface area contributed by atoms with Crippen molar-refractivity contribution in [3.63, 3.8) is 0 Å². The molecule has 3 aromatic carbocycles. The van der Waals surface area contributed by atoms with Crippen molar-refractivity contribution in [2.75, 3.05) is 0 Å². The van der Waals surface area contributed by atoms with Gasteiger partial charge in [-0.05, 0) is 59.2 Å². The SMILES string of the molecule is CC([O-])(c1cccc(C(F)(F)F)c1F)C(c1cc(C(F)(F)F)cc(C(F)(F)F)c1)c1cc(C(F)(F)F)cc(C(F)(F)F)c1.OB(O)O.[Li+]. The van der Waals surface area contributed by atoms with Crippen LogP contribution in [0, 0.1) is 5.82 Å². The fourth-order valence-electron chi connectivity index (χ4n) is 4.41. The Morgan fingerprint density at radius 3 is 1.06 bits per heavy atom. The molecule has 4 nitrogen and oxygen atoms in total. The van der Waals surface area contributed by atoms with E-state index in [-0.39, 0.29) is 56.1 Å². The van der Waals surface area contributed by atoms with E-state index in [0.29, 0.717) is 12.1 Å². The van der Waals surface area contributed by atoms with Crippen LogP contribution in [-0.2, 0) is 36.5 Å². The quantitative estimate of drug-likeness (QED) is 0.279. The summed E-state index contributed by atoms with van der Waals surface area (Å²) in [7, 11) is -2.17. The summed E-state index contributed by atoms with van der Waals surface area (Å²) in [4.78, 5) is 0. The van der Waals surface area contributed by atoms with Gasteiger partial charge in [0.2, 0.25) is 0 Å². The Kier molecular flexibility index (Phi) is 13.0. The zero-order valence-corrected chi connectivity index (χ0v) is 23.6. The van der Waals surface area contributed by atoms with Crippen molar-refractivity contribution >= 4 is 7.32 Å². The van der Waals surface area contributed by atoms with Crippen LogP contribution >= 0.6 is 0 Å². The molecule has 0 spiro atoms. The minimum Gasteiger partial charge on any atom is -0.845 e. The van der Waals surface area contributed by atoms with Crippen molar-refractivity contribution < 1.29 is 109 Å². The molecule has 0 aromatic heterocycles. The zero-order valence-electron chi connectivity index (χ0n) is 23.6. The Bertz CT molecular complexity index is 1420. The van der Waals surface area contributed by atoms with E-state index in [9.17, 15) is 71.0 Å². The van der Waals surface area contributed by atoms with Crippen LogP contribution in [0.4, 0.5) is 70.2 Å². The van der Waals surface area contributed by atoms with Gasteiger partial charge < -0.3 is 20.2 Å². The van der Waals surface area contributed by atoms with E-state index in [1.807, 2.05) is 0 Å². The Morgan fingerprint density at radius 2 is 0.812 bits per heavy atom. The van der Waals surface area contributed by atoms with Crippen LogP contribution < -0.4 is 24.0 Å². The molecule has 0 fully saturated rings. The molecule has 1 unspecified atom stereocenters. The molecular weight excluding hydrogens is 698 g/mol. The van der Waals surface area contributed by atoms with Crippen LogP contribution in [0.15, 0.2) is 54.6 Å². The Labute approximate surface area is 271 Å². The maximum Gasteiger partial charge on any atom is 1.00 e. The van der Waals surface area contributed by atoms with E-state index >= 15 is 4.39 Å². The van der Waals surface area contributed by atoms with Crippen molar-refractivity contribution in [3.05, 3.63) is 105 Å². The van der Waals surface area contributed by atoms with Crippen molar-refractivity contribution in [2.24, 2.45) is 0 Å². The van der Waals surface area contributed by atoms with Crippen LogP contribution in [0.25, 0.3) is 0 Å². The van der Waals surface area contributed by atoms with Gasteiger partial charge in [0, 0.05) is 5.92 Å². The second kappa shape index (κ2) is 14.5. The minimum atomic E-state index is -5.63. The van der Waals surface area contributed by atoms with E-state index in [0.717, 1.165) is 0 Å². The maximum atomic E-state index is 15.1. The molecule has 1 atom stereocenters. The third-order valence-corrected chi connectivity index (χ3v) is 6.28. The molecule has 0 radical (unpaired) electrons. The molecule has 0 saturated heterocycles. The van der Waals surface area contributed by atoms with Crippen molar-refractivity contribution in [1.29, 1.82) is 0 Å². The molecule has 260 valence electrons. The summed E-state index contributed by atoms with van der Waals surface area (Å²) in [6, 6.07) is -0.909. The smallest absolute Gasteiger partial charge is 0.845 e. The largest absolute Gasteiger partial charge is 1.00 e. The van der Waals surface area contributed by atoms with Gasteiger partial charge in [0.25, 0.3) is 0 Å². The normalized spacial score (nSPS) is 14.1. The topological polar surface area (TPSA) is 83.8 Å². The predicted molar refractivity (Wildman–Crippen MR) is 126 cm³/mol. The average Bonchev–Trinajstić information content (AvgIpc) is 2.85. The van der Waals surface area contributed by atoms with Crippen LogP contribution in [-0.4, -0.2) is 22.4 Å². The second-order valence-electron chi connectivity index (χ2n) is 9.73. The Morgan fingerprint density at radius 1 is 0.542 bits per heavy atom. The van der Waals surface area contributed by atoms with Gasteiger partial charge >= 0.3 is 57.1 Å². The van der Waals surface area contributed by atoms with E-state index < -0.39 is 112 Å². The summed E-state index contributed by atoms with van der Waals surface area (Å²) in [5, 5.41) is 35.5. The molecule has 48 heavy (non-hydrogen) atoms. The van der Waals surface area contributed by atoms with Gasteiger partial charge in [0.15, 0.2) is 0 Å². The predicted octanol–water partition coefficient (Wildman–Crippen LogP) is 4.28. The first-order chi connectivity index (χ1) is 20.9. The molecule has 0 amide bonds. The van der Waals surface area contributed by atoms with Gasteiger partial charge in [0.1, 0.15) is 5.82 Å². The fourth-order valence-corrected chi connectivity index (χ4v) is 4.41. The van der Waals surface area contributed by atoms with E-state index in [4.69, 9.17) is 15.1 Å². The molecule has 22 heteroatoms. The zero-order chi connectivity index (χ0) is 36.7. The molecule has 0 saturated carbocycles. The Balaban J connectivity index is 0.00000218. The number of alkyl halides is 15. The summed E-state index contributed by atoms with van der Waals surface area (Å²) >= 11 is 0. The molecule has 3 aromatic rings. The van der Waals surface area contributed by atoms with Gasteiger partial charge in [-0.3, -0.25) is 0 Å². The summed E-state index contributed by atoms with van der Waals surface area (Å²) in [6.07, 6.45) is -28.1. The van der Waals surface area contributed by atoms with Crippen LogP contribution in [0.1, 0.15) is 57.3 Å². The van der Waals surface area contributed by atoms with Gasteiger partial charge in [-0.15, -0.1) is 0 Å². The van der Waals surface area contributed by atoms with Gasteiger partial charge in [-0.1, -0.05) is 24.7 Å². The molecule has 0 aliphatic rings. The third-order valence-electron chi connectivity index (χ3n) is 6.28. The molecule has 0 bridgehead atoms. The van der Waals surface area contributed by atoms with Crippen molar-refractivity contribution in [2.45, 2.75) is 49.3 Å². The monoisotopic (exact) mass is 714 g/mol. The van der Waals surface area contributed by atoms with Gasteiger partial charge in [-0.2, -0.15) is 65.9 Å². The number of hydrogen-bond acceptors (Lipinski definition) is 4. The second-order valence-corrected chi connectivity index (χ2v) is 9.73. The van der Waals surface area contributed by atoms with E-state index in [1.54, 1.807) is 0 Å². The number of halogens is 16. The maximum absolute atomic E-state index is 15.1. The first-order valence-corrected chi connectivity index (χ1v) is 12.1. The summed E-state index contributed by atoms with van der Waals surface area (Å²) < 4.78 is 218. The minimum absolute atomic E-state index is 0. The summed E-state index contributed by atoms with van der Waals surface area (Å²) in [5.41, 5.74) is -19.2. The summed E-state index contributed by atoms with van der Waals surface area (Å²) in [5.74, 6) is -5.39. The molecule has 3 rings (SSSR count). The van der Waals surface area contributed by atoms with Crippen LogP contribution in [0.3, 0.4) is 0 Å². The molecular formula is C26H16BF16LiO4. The first kappa shape index (κ1) is 43.1. The average molecular weight is 714 g/mol. The molecule has 3 N–H and O–H groups in total. The van der Waals surface area contributed by atoms with E-state index in [1.165, 1.54) is 0 Å². The standard InChI is InChI=1S/C26H13F16O.BH3O3.Li/c1-21(43,17-3-2-4-18(20(17)27)26(40,41)42)19(11-5-13(22(28,29)30)9-14(6-11)23(31,32)33)12-7-15(24(34,35)36)10-16(8-12)25(37,38)39;2-1(3)4;/h2-10,19H,1H3;2-4H;/q-1;;+1. The fraction of sp³-hybridized carbons (Fsp3) is 0.308. The van der Waals surface area contributed by atoms with Crippen LogP contribution in [0.5, 0.6) is 0 Å². The number of hydrogen-bond donors (Lipinski definition) is 3. The van der Waals surface area contributed by atoms with E-state index in [2.05, 4.69) is 0 Å². The summed E-state index contributed by atoms with van der Waals surface area (Å²) in [6.45, 7) is 0.206. The third kappa shape index (κ3) is 10.5. The van der Waals surface area contributed by atoms with Crippen molar-refractivity contribution in [3.8, 4) is 0 Å². The molecule has 0 aliphatic heterocycles. The number of rotatable bonds is 4. The van der Waals surface area contributed by atoms with Gasteiger partial charge in [0.05, 0.1) is 27.8 Å². The van der Waals surface area contributed by atoms with Gasteiger partial charge in [-0.25, -0.2) is 4.39 Å². The molecule has 0 aliphatic carbocycles. The van der Waals surface area contributed by atoms with Crippen LogP contribution in [0.2, 0.25) is 0 Å².